The van der Waals surface area contributed by atoms with Gasteiger partial charge < -0.3 is 9.64 Å². The average molecular weight is 345 g/mol. The largest absolute Gasteiger partial charge is 0.444 e. The molecule has 24 heavy (non-hydrogen) atoms. The predicted octanol–water partition coefficient (Wildman–Crippen LogP) is 4.87. The SMILES string of the molecule is CC(C)(C)OC(=O)N1CC=C(c2ccc(F)cc2C(F)(F)F)CC1. The van der Waals surface area contributed by atoms with Gasteiger partial charge in [0.15, 0.2) is 0 Å². The molecule has 0 fully saturated rings. The summed E-state index contributed by atoms with van der Waals surface area (Å²) in [6.07, 6.45) is -3.35. The van der Waals surface area contributed by atoms with Crippen LogP contribution in [0.15, 0.2) is 24.3 Å². The van der Waals surface area contributed by atoms with Crippen LogP contribution in [0.1, 0.15) is 38.3 Å². The summed E-state index contributed by atoms with van der Waals surface area (Å²) in [5.41, 5.74) is -1.24. The van der Waals surface area contributed by atoms with Crippen LogP contribution < -0.4 is 0 Å². The van der Waals surface area contributed by atoms with E-state index < -0.39 is 29.3 Å². The first-order chi connectivity index (χ1) is 11.0. The van der Waals surface area contributed by atoms with Gasteiger partial charge in [0.05, 0.1) is 5.56 Å². The van der Waals surface area contributed by atoms with E-state index >= 15 is 0 Å². The molecule has 0 atom stereocenters. The second-order valence-corrected chi connectivity index (χ2v) is 6.59. The lowest BCUT2D eigenvalue weighted by Gasteiger charge is -2.30. The van der Waals surface area contributed by atoms with E-state index in [1.807, 2.05) is 0 Å². The molecule has 0 bridgehead atoms. The molecule has 0 aromatic heterocycles. The van der Waals surface area contributed by atoms with Crippen LogP contribution in [0.3, 0.4) is 0 Å². The van der Waals surface area contributed by atoms with E-state index in [1.165, 1.54) is 4.90 Å². The molecular weight excluding hydrogens is 326 g/mol. The first kappa shape index (κ1) is 18.3. The fourth-order valence-corrected chi connectivity index (χ4v) is 2.44. The highest BCUT2D eigenvalue weighted by atomic mass is 19.4. The van der Waals surface area contributed by atoms with Crippen LogP contribution in [0.4, 0.5) is 22.4 Å². The number of alkyl halides is 3. The second kappa shape index (κ2) is 6.45. The van der Waals surface area contributed by atoms with Gasteiger partial charge in [0.2, 0.25) is 0 Å². The van der Waals surface area contributed by atoms with Crippen molar-refractivity contribution >= 4 is 11.7 Å². The van der Waals surface area contributed by atoms with Crippen molar-refractivity contribution < 1.29 is 27.1 Å². The summed E-state index contributed by atoms with van der Waals surface area (Å²) in [5, 5.41) is 0. The lowest BCUT2D eigenvalue weighted by atomic mass is 9.94. The van der Waals surface area contributed by atoms with Crippen molar-refractivity contribution in [2.45, 2.75) is 39.0 Å². The van der Waals surface area contributed by atoms with Crippen LogP contribution in [-0.4, -0.2) is 29.7 Å². The van der Waals surface area contributed by atoms with Gasteiger partial charge in [0.25, 0.3) is 0 Å². The van der Waals surface area contributed by atoms with Crippen LogP contribution in [0.5, 0.6) is 0 Å². The molecule has 0 saturated heterocycles. The molecule has 1 heterocycles. The molecule has 0 spiro atoms. The third kappa shape index (κ3) is 4.49. The molecule has 1 aliphatic rings. The highest BCUT2D eigenvalue weighted by Gasteiger charge is 2.35. The molecular formula is C17H19F4NO2. The Labute approximate surface area is 137 Å². The number of amides is 1. The monoisotopic (exact) mass is 345 g/mol. The van der Waals surface area contributed by atoms with E-state index in [2.05, 4.69) is 0 Å². The Balaban J connectivity index is 2.21. The summed E-state index contributed by atoms with van der Waals surface area (Å²) >= 11 is 0. The van der Waals surface area contributed by atoms with Gasteiger partial charge in [-0.15, -0.1) is 0 Å². The van der Waals surface area contributed by atoms with Gasteiger partial charge in [-0.2, -0.15) is 13.2 Å². The van der Waals surface area contributed by atoms with E-state index in [0.717, 1.165) is 12.1 Å². The summed E-state index contributed by atoms with van der Waals surface area (Å²) < 4.78 is 57.7. The Kier molecular flexibility index (Phi) is 4.92. The first-order valence-corrected chi connectivity index (χ1v) is 7.51. The van der Waals surface area contributed by atoms with Gasteiger partial charge in [-0.25, -0.2) is 9.18 Å². The number of ether oxygens (including phenoxy) is 1. The van der Waals surface area contributed by atoms with Crippen molar-refractivity contribution in [3.05, 3.63) is 41.2 Å². The number of carbonyl (C=O) groups excluding carboxylic acids is 1. The lowest BCUT2D eigenvalue weighted by Crippen LogP contribution is -2.39. The zero-order valence-electron chi connectivity index (χ0n) is 13.7. The second-order valence-electron chi connectivity index (χ2n) is 6.59. The molecule has 1 aliphatic heterocycles. The fraction of sp³-hybridized carbons (Fsp3) is 0.471. The standard InChI is InChI=1S/C17H19F4NO2/c1-16(2,3)24-15(23)22-8-6-11(7-9-22)13-5-4-12(18)10-14(13)17(19,20)21/h4-6,10H,7-9H2,1-3H3. The molecule has 7 heteroatoms. The van der Waals surface area contributed by atoms with Crippen molar-refractivity contribution in [2.75, 3.05) is 13.1 Å². The maximum atomic E-state index is 13.2. The van der Waals surface area contributed by atoms with E-state index in [0.29, 0.717) is 11.6 Å². The molecule has 0 unspecified atom stereocenters. The molecule has 2 rings (SSSR count). The van der Waals surface area contributed by atoms with Gasteiger partial charge in [0, 0.05) is 13.1 Å². The third-order valence-corrected chi connectivity index (χ3v) is 3.49. The van der Waals surface area contributed by atoms with Crippen LogP contribution >= 0.6 is 0 Å². The molecule has 0 radical (unpaired) electrons. The van der Waals surface area contributed by atoms with Gasteiger partial charge >= 0.3 is 12.3 Å². The smallest absolute Gasteiger partial charge is 0.417 e. The molecule has 0 saturated carbocycles. The number of hydrogen-bond acceptors (Lipinski definition) is 2. The summed E-state index contributed by atoms with van der Waals surface area (Å²) in [6, 6.07) is 2.63. The van der Waals surface area contributed by atoms with E-state index in [4.69, 9.17) is 4.74 Å². The quantitative estimate of drug-likeness (QED) is 0.680. The minimum atomic E-state index is -4.64. The Hall–Kier alpha value is -2.05. The summed E-state index contributed by atoms with van der Waals surface area (Å²) in [5.74, 6) is -0.933. The minimum absolute atomic E-state index is 0.0484. The van der Waals surface area contributed by atoms with Crippen molar-refractivity contribution in [3.8, 4) is 0 Å². The van der Waals surface area contributed by atoms with Crippen molar-refractivity contribution in [3.63, 3.8) is 0 Å². The van der Waals surface area contributed by atoms with Crippen LogP contribution in [-0.2, 0) is 10.9 Å². The van der Waals surface area contributed by atoms with Crippen molar-refractivity contribution in [2.24, 2.45) is 0 Å². The number of nitrogens with zero attached hydrogens (tertiary/aromatic N) is 1. The molecule has 3 nitrogen and oxygen atoms in total. The highest BCUT2D eigenvalue weighted by Crippen LogP contribution is 2.37. The van der Waals surface area contributed by atoms with Crippen LogP contribution in [0.2, 0.25) is 0 Å². The Morgan fingerprint density at radius 3 is 2.38 bits per heavy atom. The fourth-order valence-electron chi connectivity index (χ4n) is 2.44. The van der Waals surface area contributed by atoms with E-state index in [1.54, 1.807) is 26.8 Å². The average Bonchev–Trinajstić information content (AvgIpc) is 2.44. The van der Waals surface area contributed by atoms with Gasteiger partial charge in [-0.1, -0.05) is 12.1 Å². The normalized spacial score (nSPS) is 16.0. The zero-order chi connectivity index (χ0) is 18.1. The molecule has 0 aliphatic carbocycles. The number of rotatable bonds is 1. The van der Waals surface area contributed by atoms with Crippen LogP contribution in [0, 0.1) is 5.82 Å². The summed E-state index contributed by atoms with van der Waals surface area (Å²) in [6.45, 7) is 5.62. The first-order valence-electron chi connectivity index (χ1n) is 7.51. The summed E-state index contributed by atoms with van der Waals surface area (Å²) in [7, 11) is 0. The molecule has 0 N–H and O–H groups in total. The van der Waals surface area contributed by atoms with E-state index in [9.17, 15) is 22.4 Å². The summed E-state index contributed by atoms with van der Waals surface area (Å²) in [4.78, 5) is 13.4. The molecule has 1 amide bonds. The lowest BCUT2D eigenvalue weighted by molar-refractivity contribution is -0.138. The number of halogens is 4. The predicted molar refractivity (Wildman–Crippen MR) is 81.8 cm³/mol. The Morgan fingerprint density at radius 1 is 1.21 bits per heavy atom. The Bertz CT molecular complexity index is 660. The number of hydrogen-bond donors (Lipinski definition) is 0. The zero-order valence-corrected chi connectivity index (χ0v) is 13.7. The van der Waals surface area contributed by atoms with E-state index in [-0.39, 0.29) is 25.1 Å². The van der Waals surface area contributed by atoms with Gasteiger partial charge in [-0.05, 0) is 50.5 Å². The molecule has 132 valence electrons. The topological polar surface area (TPSA) is 29.5 Å². The molecule has 1 aromatic carbocycles. The van der Waals surface area contributed by atoms with Gasteiger partial charge in [0.1, 0.15) is 11.4 Å². The number of benzene rings is 1. The van der Waals surface area contributed by atoms with Crippen molar-refractivity contribution in [1.29, 1.82) is 0 Å². The van der Waals surface area contributed by atoms with Crippen LogP contribution in [0.25, 0.3) is 5.57 Å². The maximum absolute atomic E-state index is 13.2. The minimum Gasteiger partial charge on any atom is -0.444 e. The Morgan fingerprint density at radius 2 is 1.88 bits per heavy atom. The maximum Gasteiger partial charge on any atom is 0.417 e. The molecule has 1 aromatic rings. The highest BCUT2D eigenvalue weighted by molar-refractivity contribution is 5.74. The van der Waals surface area contributed by atoms with Crippen molar-refractivity contribution in [1.82, 2.24) is 4.90 Å². The third-order valence-electron chi connectivity index (χ3n) is 3.49. The van der Waals surface area contributed by atoms with Gasteiger partial charge in [-0.3, -0.25) is 0 Å². The number of carbonyl (C=O) groups is 1.